The number of amidine groups is 2. The molecule has 10 rings (SSSR count). The standard InChI is InChI=1S/C45H31N5/c1-4-14-30(15-5-1)31-24-26-33(27-25-31)44-46-43(32-16-6-2-7-17-32)47-45(48-44)50-40-23-13-11-21-36(40)38-28-41-37(29-42(38)50)35-20-10-12-22-39(35)49(41)34-18-8-3-9-19-34/h1-29,45H,(H,46,47,48). The molecule has 1 atom stereocenters. The SMILES string of the molecule is c1ccc(C2=NC(n3c4ccccc4c4cc5c(cc43)c3ccccc3n5-c3ccccc3)N=C(c3ccc(-c4ccccc4)cc3)N2)cc1. The Hall–Kier alpha value is -6.72. The van der Waals surface area contributed by atoms with Gasteiger partial charge in [-0.05, 0) is 47.5 Å². The van der Waals surface area contributed by atoms with Crippen LogP contribution in [0.5, 0.6) is 0 Å². The Kier molecular flexibility index (Phi) is 6.49. The van der Waals surface area contributed by atoms with Crippen molar-refractivity contribution in [1.82, 2.24) is 14.5 Å². The normalized spacial score (nSPS) is 14.6. The fourth-order valence-corrected chi connectivity index (χ4v) is 7.46. The van der Waals surface area contributed by atoms with Crippen molar-refractivity contribution in [2.45, 2.75) is 6.29 Å². The predicted molar refractivity (Wildman–Crippen MR) is 207 cm³/mol. The van der Waals surface area contributed by atoms with Gasteiger partial charge in [-0.25, -0.2) is 9.98 Å². The first kappa shape index (κ1) is 28.3. The summed E-state index contributed by atoms with van der Waals surface area (Å²) in [5.74, 6) is 1.58. The van der Waals surface area contributed by atoms with E-state index in [1.807, 2.05) is 24.3 Å². The number of aromatic nitrogens is 2. The predicted octanol–water partition coefficient (Wildman–Crippen LogP) is 10.5. The second kappa shape index (κ2) is 11.5. The number of fused-ring (bicyclic) bond motifs is 6. The molecule has 2 aromatic heterocycles. The molecular formula is C45H31N5. The second-order valence-electron chi connectivity index (χ2n) is 12.7. The topological polar surface area (TPSA) is 46.6 Å². The van der Waals surface area contributed by atoms with Crippen molar-refractivity contribution in [3.05, 3.63) is 187 Å². The molecule has 1 aliphatic heterocycles. The number of aliphatic imine (C=N–C) groups is 2. The van der Waals surface area contributed by atoms with E-state index in [0.29, 0.717) is 0 Å². The zero-order chi connectivity index (χ0) is 33.0. The molecule has 50 heavy (non-hydrogen) atoms. The van der Waals surface area contributed by atoms with Crippen molar-refractivity contribution >= 4 is 55.3 Å². The van der Waals surface area contributed by atoms with Gasteiger partial charge < -0.3 is 9.88 Å². The van der Waals surface area contributed by atoms with Crippen LogP contribution in [-0.4, -0.2) is 20.8 Å². The lowest BCUT2D eigenvalue weighted by Crippen LogP contribution is -2.36. The molecule has 0 fully saturated rings. The van der Waals surface area contributed by atoms with E-state index in [9.17, 15) is 0 Å². The maximum Gasteiger partial charge on any atom is 0.224 e. The van der Waals surface area contributed by atoms with Crippen LogP contribution in [0.25, 0.3) is 60.4 Å². The number of benzene rings is 7. The number of nitrogens with one attached hydrogen (secondary N) is 1. The zero-order valence-corrected chi connectivity index (χ0v) is 27.1. The van der Waals surface area contributed by atoms with Crippen LogP contribution in [0.15, 0.2) is 186 Å². The fourth-order valence-electron chi connectivity index (χ4n) is 7.46. The van der Waals surface area contributed by atoms with E-state index in [0.717, 1.165) is 39.5 Å². The largest absolute Gasteiger partial charge is 0.324 e. The fraction of sp³-hybridized carbons (Fsp3) is 0.0222. The summed E-state index contributed by atoms with van der Waals surface area (Å²) < 4.78 is 4.68. The summed E-state index contributed by atoms with van der Waals surface area (Å²) >= 11 is 0. The molecule has 236 valence electrons. The average molecular weight is 642 g/mol. The summed E-state index contributed by atoms with van der Waals surface area (Å²) in [7, 11) is 0. The maximum atomic E-state index is 5.34. The number of hydrogen-bond acceptors (Lipinski definition) is 3. The quantitative estimate of drug-likeness (QED) is 0.200. The van der Waals surface area contributed by atoms with Gasteiger partial charge >= 0.3 is 0 Å². The summed E-state index contributed by atoms with van der Waals surface area (Å²) in [5, 5.41) is 8.35. The number of rotatable bonds is 5. The Morgan fingerprint density at radius 2 is 0.840 bits per heavy atom. The molecule has 0 bridgehead atoms. The van der Waals surface area contributed by atoms with Crippen LogP contribution in [0.4, 0.5) is 0 Å². The van der Waals surface area contributed by atoms with Crippen LogP contribution in [0, 0.1) is 0 Å². The Bertz CT molecular complexity index is 2760. The summed E-state index contributed by atoms with van der Waals surface area (Å²) in [6.07, 6.45) is -0.530. The highest BCUT2D eigenvalue weighted by molar-refractivity contribution is 6.19. The number of nitrogens with zero attached hydrogens (tertiary/aromatic N) is 4. The van der Waals surface area contributed by atoms with Gasteiger partial charge in [0.05, 0.1) is 22.1 Å². The van der Waals surface area contributed by atoms with Gasteiger partial charge in [0, 0.05) is 38.4 Å². The molecule has 0 spiro atoms. The summed E-state index contributed by atoms with van der Waals surface area (Å²) in [4.78, 5) is 10.7. The second-order valence-corrected chi connectivity index (χ2v) is 12.7. The van der Waals surface area contributed by atoms with Crippen LogP contribution in [0.3, 0.4) is 0 Å². The lowest BCUT2D eigenvalue weighted by molar-refractivity contribution is 0.575. The third-order valence-electron chi connectivity index (χ3n) is 9.79. The molecule has 9 aromatic rings. The number of para-hydroxylation sites is 3. The van der Waals surface area contributed by atoms with Gasteiger partial charge in [0.1, 0.15) is 11.7 Å². The molecule has 0 saturated heterocycles. The van der Waals surface area contributed by atoms with Crippen LogP contribution >= 0.6 is 0 Å². The Balaban J connectivity index is 1.21. The van der Waals surface area contributed by atoms with Gasteiger partial charge in [0.15, 0.2) is 0 Å². The molecule has 1 N–H and O–H groups in total. The highest BCUT2D eigenvalue weighted by Crippen LogP contribution is 2.40. The van der Waals surface area contributed by atoms with E-state index in [1.54, 1.807) is 0 Å². The molecule has 0 saturated carbocycles. The molecule has 1 aliphatic rings. The third-order valence-corrected chi connectivity index (χ3v) is 9.79. The lowest BCUT2D eigenvalue weighted by atomic mass is 10.0. The minimum absolute atomic E-state index is 0.530. The number of hydrogen-bond donors (Lipinski definition) is 1. The summed E-state index contributed by atoms with van der Waals surface area (Å²) in [5.41, 5.74) is 10.1. The van der Waals surface area contributed by atoms with Crippen LogP contribution in [0.2, 0.25) is 0 Å². The minimum Gasteiger partial charge on any atom is -0.324 e. The summed E-state index contributed by atoms with van der Waals surface area (Å²) in [6, 6.07) is 62.0. The Morgan fingerprint density at radius 1 is 0.380 bits per heavy atom. The zero-order valence-electron chi connectivity index (χ0n) is 27.1. The molecule has 7 aromatic carbocycles. The van der Waals surface area contributed by atoms with E-state index >= 15 is 0 Å². The molecule has 0 amide bonds. The van der Waals surface area contributed by atoms with Crippen molar-refractivity contribution in [3.8, 4) is 16.8 Å². The maximum absolute atomic E-state index is 5.34. The van der Waals surface area contributed by atoms with Crippen LogP contribution in [0.1, 0.15) is 17.4 Å². The van der Waals surface area contributed by atoms with Gasteiger partial charge in [-0.3, -0.25) is 4.57 Å². The lowest BCUT2D eigenvalue weighted by Gasteiger charge is -2.24. The molecule has 0 aliphatic carbocycles. The molecule has 5 nitrogen and oxygen atoms in total. The van der Waals surface area contributed by atoms with Crippen LogP contribution in [-0.2, 0) is 0 Å². The average Bonchev–Trinajstić information content (AvgIpc) is 3.70. The third kappa shape index (κ3) is 4.55. The van der Waals surface area contributed by atoms with Crippen LogP contribution < -0.4 is 5.32 Å². The van der Waals surface area contributed by atoms with E-state index in [4.69, 9.17) is 9.98 Å². The molecule has 0 radical (unpaired) electrons. The van der Waals surface area contributed by atoms with Gasteiger partial charge in [-0.1, -0.05) is 140 Å². The van der Waals surface area contributed by atoms with Crippen molar-refractivity contribution in [2.75, 3.05) is 0 Å². The Morgan fingerprint density at radius 3 is 1.52 bits per heavy atom. The van der Waals surface area contributed by atoms with Gasteiger partial charge in [0.2, 0.25) is 6.29 Å². The minimum atomic E-state index is -0.530. The monoisotopic (exact) mass is 641 g/mol. The first-order chi connectivity index (χ1) is 24.8. The van der Waals surface area contributed by atoms with E-state index in [1.165, 1.54) is 43.7 Å². The van der Waals surface area contributed by atoms with E-state index < -0.39 is 6.29 Å². The summed E-state index contributed by atoms with van der Waals surface area (Å²) in [6.45, 7) is 0. The van der Waals surface area contributed by atoms with Crippen molar-refractivity contribution in [2.24, 2.45) is 9.98 Å². The van der Waals surface area contributed by atoms with Gasteiger partial charge in [0.25, 0.3) is 0 Å². The van der Waals surface area contributed by atoms with Gasteiger partial charge in [-0.15, -0.1) is 0 Å². The van der Waals surface area contributed by atoms with E-state index in [-0.39, 0.29) is 0 Å². The molecule has 1 unspecified atom stereocenters. The first-order valence-corrected chi connectivity index (χ1v) is 17.0. The van der Waals surface area contributed by atoms with Crippen molar-refractivity contribution in [1.29, 1.82) is 0 Å². The smallest absolute Gasteiger partial charge is 0.224 e. The van der Waals surface area contributed by atoms with Crippen molar-refractivity contribution < 1.29 is 0 Å². The Labute approximate surface area is 289 Å². The molecule has 3 heterocycles. The van der Waals surface area contributed by atoms with E-state index in [2.05, 4.69) is 166 Å². The molecule has 5 heteroatoms. The first-order valence-electron chi connectivity index (χ1n) is 17.0. The molecular weight excluding hydrogens is 611 g/mol. The van der Waals surface area contributed by atoms with Crippen molar-refractivity contribution in [3.63, 3.8) is 0 Å². The van der Waals surface area contributed by atoms with Gasteiger partial charge in [-0.2, -0.15) is 0 Å². The highest BCUT2D eigenvalue weighted by atomic mass is 15.3. The highest BCUT2D eigenvalue weighted by Gasteiger charge is 2.25.